The van der Waals surface area contributed by atoms with Crippen molar-refractivity contribution in [3.8, 4) is 0 Å². The molecule has 3 rings (SSSR count). The van der Waals surface area contributed by atoms with Crippen molar-refractivity contribution in [2.45, 2.75) is 31.6 Å². The number of rotatable bonds is 8. The molecule has 1 saturated heterocycles. The summed E-state index contributed by atoms with van der Waals surface area (Å²) in [6, 6.07) is 21.0. The summed E-state index contributed by atoms with van der Waals surface area (Å²) in [4.78, 5) is 12.3. The van der Waals surface area contributed by atoms with Crippen LogP contribution in [0.2, 0.25) is 0 Å². The Kier molecular flexibility index (Phi) is 6.63. The zero-order valence-corrected chi connectivity index (χ0v) is 14.8. The van der Waals surface area contributed by atoms with Crippen molar-refractivity contribution in [1.82, 2.24) is 10.6 Å². The number of hydrogen-bond acceptors (Lipinski definition) is 2. The van der Waals surface area contributed by atoms with E-state index in [1.54, 1.807) is 0 Å². The Morgan fingerprint density at radius 3 is 2.48 bits per heavy atom. The Morgan fingerprint density at radius 1 is 1.08 bits per heavy atom. The van der Waals surface area contributed by atoms with E-state index >= 15 is 0 Å². The molecular weight excluding hydrogens is 308 g/mol. The van der Waals surface area contributed by atoms with Crippen LogP contribution in [-0.4, -0.2) is 25.5 Å². The van der Waals surface area contributed by atoms with Crippen molar-refractivity contribution in [3.05, 3.63) is 71.8 Å². The van der Waals surface area contributed by atoms with Crippen LogP contribution in [0.4, 0.5) is 0 Å². The van der Waals surface area contributed by atoms with E-state index in [0.717, 1.165) is 25.9 Å². The summed E-state index contributed by atoms with van der Waals surface area (Å²) in [7, 11) is 0. The van der Waals surface area contributed by atoms with E-state index in [4.69, 9.17) is 0 Å². The van der Waals surface area contributed by atoms with Crippen LogP contribution in [0.25, 0.3) is 0 Å². The number of nitrogens with one attached hydrogen (secondary N) is 2. The molecule has 1 amide bonds. The van der Waals surface area contributed by atoms with Crippen molar-refractivity contribution in [1.29, 1.82) is 0 Å². The smallest absolute Gasteiger partial charge is 0.220 e. The minimum atomic E-state index is 0.181. The van der Waals surface area contributed by atoms with Crippen LogP contribution in [0.15, 0.2) is 60.7 Å². The van der Waals surface area contributed by atoms with Crippen LogP contribution in [0.1, 0.15) is 36.3 Å². The van der Waals surface area contributed by atoms with E-state index in [9.17, 15) is 4.79 Å². The van der Waals surface area contributed by atoms with Gasteiger partial charge in [-0.2, -0.15) is 0 Å². The van der Waals surface area contributed by atoms with Gasteiger partial charge < -0.3 is 10.6 Å². The zero-order chi connectivity index (χ0) is 17.3. The van der Waals surface area contributed by atoms with Gasteiger partial charge >= 0.3 is 0 Å². The van der Waals surface area contributed by atoms with Crippen LogP contribution >= 0.6 is 0 Å². The molecule has 0 radical (unpaired) electrons. The normalized spacial score (nSPS) is 18.0. The SMILES string of the molecule is O=C(CCC1CCNC1)NCC(Cc1ccccc1)c1ccccc1. The van der Waals surface area contributed by atoms with Crippen LogP contribution in [0.3, 0.4) is 0 Å². The molecule has 132 valence electrons. The predicted octanol–water partition coefficient (Wildman–Crippen LogP) is 3.52. The fraction of sp³-hybridized carbons (Fsp3) is 0.409. The van der Waals surface area contributed by atoms with E-state index in [0.29, 0.717) is 24.8 Å². The Morgan fingerprint density at radius 2 is 1.80 bits per heavy atom. The molecule has 3 heteroatoms. The second kappa shape index (κ2) is 9.38. The Balaban J connectivity index is 1.54. The first-order valence-corrected chi connectivity index (χ1v) is 9.37. The van der Waals surface area contributed by atoms with E-state index in [1.807, 2.05) is 12.1 Å². The average molecular weight is 336 g/mol. The highest BCUT2D eigenvalue weighted by molar-refractivity contribution is 5.75. The second-order valence-electron chi connectivity index (χ2n) is 7.00. The average Bonchev–Trinajstić information content (AvgIpc) is 3.18. The van der Waals surface area contributed by atoms with E-state index in [-0.39, 0.29) is 5.91 Å². The second-order valence-corrected chi connectivity index (χ2v) is 7.00. The van der Waals surface area contributed by atoms with Crippen molar-refractivity contribution in [2.75, 3.05) is 19.6 Å². The summed E-state index contributed by atoms with van der Waals surface area (Å²) in [5.41, 5.74) is 2.59. The largest absolute Gasteiger partial charge is 0.355 e. The molecule has 0 aromatic heterocycles. The quantitative estimate of drug-likeness (QED) is 0.774. The summed E-state index contributed by atoms with van der Waals surface area (Å²) in [5, 5.41) is 6.53. The fourth-order valence-corrected chi connectivity index (χ4v) is 3.55. The Labute approximate surface area is 150 Å². The van der Waals surface area contributed by atoms with Crippen molar-refractivity contribution in [2.24, 2.45) is 5.92 Å². The zero-order valence-electron chi connectivity index (χ0n) is 14.8. The first kappa shape index (κ1) is 17.7. The van der Waals surface area contributed by atoms with Crippen LogP contribution < -0.4 is 10.6 Å². The standard InChI is InChI=1S/C22H28N2O/c25-22(12-11-19-13-14-23-16-19)24-17-21(20-9-5-2-6-10-20)15-18-7-3-1-4-8-18/h1-10,19,21,23H,11-17H2,(H,24,25). The first-order valence-electron chi connectivity index (χ1n) is 9.37. The van der Waals surface area contributed by atoms with Crippen molar-refractivity contribution in [3.63, 3.8) is 0 Å². The third-order valence-electron chi connectivity index (χ3n) is 5.08. The lowest BCUT2D eigenvalue weighted by Gasteiger charge is -2.19. The van der Waals surface area contributed by atoms with Crippen molar-refractivity contribution >= 4 is 5.91 Å². The molecule has 0 saturated carbocycles. The highest BCUT2D eigenvalue weighted by Crippen LogP contribution is 2.20. The van der Waals surface area contributed by atoms with Gasteiger partial charge in [0.25, 0.3) is 0 Å². The van der Waals surface area contributed by atoms with Gasteiger partial charge in [0.2, 0.25) is 5.91 Å². The minimum absolute atomic E-state index is 0.181. The van der Waals surface area contributed by atoms with Crippen LogP contribution in [0.5, 0.6) is 0 Å². The maximum atomic E-state index is 12.3. The number of carbonyl (C=O) groups is 1. The first-order chi connectivity index (χ1) is 12.3. The summed E-state index contributed by atoms with van der Waals surface area (Å²) in [6.45, 7) is 2.86. The summed E-state index contributed by atoms with van der Waals surface area (Å²) in [6.07, 6.45) is 3.78. The highest BCUT2D eigenvalue weighted by Gasteiger charge is 2.17. The molecule has 2 atom stereocenters. The van der Waals surface area contributed by atoms with E-state index in [2.05, 4.69) is 59.2 Å². The maximum Gasteiger partial charge on any atom is 0.220 e. The lowest BCUT2D eigenvalue weighted by molar-refractivity contribution is -0.121. The van der Waals surface area contributed by atoms with Gasteiger partial charge in [-0.3, -0.25) is 4.79 Å². The third-order valence-corrected chi connectivity index (χ3v) is 5.08. The summed E-state index contributed by atoms with van der Waals surface area (Å²) < 4.78 is 0. The van der Waals surface area contributed by atoms with Gasteiger partial charge in [0.05, 0.1) is 0 Å². The molecule has 25 heavy (non-hydrogen) atoms. The Hall–Kier alpha value is -2.13. The third kappa shape index (κ3) is 5.71. The Bertz CT molecular complexity index is 636. The van der Waals surface area contributed by atoms with Gasteiger partial charge in [-0.25, -0.2) is 0 Å². The highest BCUT2D eigenvalue weighted by atomic mass is 16.1. The van der Waals surface area contributed by atoms with Gasteiger partial charge in [0.1, 0.15) is 0 Å². The molecule has 1 fully saturated rings. The molecule has 2 aromatic carbocycles. The minimum Gasteiger partial charge on any atom is -0.355 e. The van der Waals surface area contributed by atoms with Gasteiger partial charge in [-0.1, -0.05) is 60.7 Å². The number of benzene rings is 2. The van der Waals surface area contributed by atoms with E-state index < -0.39 is 0 Å². The topological polar surface area (TPSA) is 41.1 Å². The molecule has 1 aliphatic rings. The molecule has 1 aliphatic heterocycles. The lowest BCUT2D eigenvalue weighted by atomic mass is 9.92. The molecular formula is C22H28N2O. The molecule has 3 nitrogen and oxygen atoms in total. The molecule has 2 unspecified atom stereocenters. The number of carbonyl (C=O) groups excluding carboxylic acids is 1. The molecule has 2 N–H and O–H groups in total. The maximum absolute atomic E-state index is 12.3. The molecule has 0 spiro atoms. The van der Waals surface area contributed by atoms with Crippen LogP contribution in [0, 0.1) is 5.92 Å². The van der Waals surface area contributed by atoms with Gasteiger partial charge in [0, 0.05) is 18.9 Å². The molecule has 0 aliphatic carbocycles. The van der Waals surface area contributed by atoms with Crippen molar-refractivity contribution < 1.29 is 4.79 Å². The van der Waals surface area contributed by atoms with Gasteiger partial charge in [-0.05, 0) is 49.4 Å². The van der Waals surface area contributed by atoms with Gasteiger partial charge in [-0.15, -0.1) is 0 Å². The lowest BCUT2D eigenvalue weighted by Crippen LogP contribution is -2.29. The molecule has 2 aromatic rings. The van der Waals surface area contributed by atoms with E-state index in [1.165, 1.54) is 17.5 Å². The fourth-order valence-electron chi connectivity index (χ4n) is 3.55. The number of amides is 1. The number of hydrogen-bond donors (Lipinski definition) is 2. The van der Waals surface area contributed by atoms with Gasteiger partial charge in [0.15, 0.2) is 0 Å². The predicted molar refractivity (Wildman–Crippen MR) is 103 cm³/mol. The summed E-state index contributed by atoms with van der Waals surface area (Å²) >= 11 is 0. The summed E-state index contributed by atoms with van der Waals surface area (Å²) in [5.74, 6) is 1.15. The van der Waals surface area contributed by atoms with Crippen LogP contribution in [-0.2, 0) is 11.2 Å². The molecule has 0 bridgehead atoms. The monoisotopic (exact) mass is 336 g/mol. The molecule has 1 heterocycles.